The lowest BCUT2D eigenvalue weighted by molar-refractivity contribution is 0.108. The highest BCUT2D eigenvalue weighted by Crippen LogP contribution is 2.19. The topological polar surface area (TPSA) is 46.6 Å². The number of carbonyl (C=O) groups is 2. The van der Waals surface area contributed by atoms with Crippen molar-refractivity contribution in [1.29, 1.82) is 0 Å². The summed E-state index contributed by atoms with van der Waals surface area (Å²) in [5.41, 5.74) is 1.12. The van der Waals surface area contributed by atoms with Crippen molar-refractivity contribution < 1.29 is 14.3 Å². The van der Waals surface area contributed by atoms with E-state index in [0.717, 1.165) is 0 Å². The molecule has 1 amide bonds. The minimum atomic E-state index is -0.509. The fraction of sp³-hybridized carbons (Fsp3) is 0.200. The van der Waals surface area contributed by atoms with Gasteiger partial charge >= 0.3 is 6.09 Å². The van der Waals surface area contributed by atoms with E-state index in [4.69, 9.17) is 16.3 Å². The maximum atomic E-state index is 11.2. The third-order valence-electron chi connectivity index (χ3n) is 2.17. The summed E-state index contributed by atoms with van der Waals surface area (Å²) in [7, 11) is 0. The molecule has 0 aromatic heterocycles. The van der Waals surface area contributed by atoms with Crippen LogP contribution in [0, 0.1) is 0 Å². The van der Waals surface area contributed by atoms with E-state index >= 15 is 0 Å². The van der Waals surface area contributed by atoms with Crippen LogP contribution in [0.2, 0.25) is 0 Å². The van der Waals surface area contributed by atoms with Gasteiger partial charge in [0.2, 0.25) is 0 Å². The lowest BCUT2D eigenvalue weighted by Gasteiger charge is -2.12. The van der Waals surface area contributed by atoms with Crippen LogP contribution < -0.4 is 4.90 Å². The molecule has 0 saturated carbocycles. The molecular formula is C10H8ClNO3. The van der Waals surface area contributed by atoms with Gasteiger partial charge in [0.25, 0.3) is 5.24 Å². The molecule has 0 N–H and O–H groups in total. The Morgan fingerprint density at radius 1 is 1.33 bits per heavy atom. The van der Waals surface area contributed by atoms with E-state index in [9.17, 15) is 9.59 Å². The van der Waals surface area contributed by atoms with Crippen LogP contribution >= 0.6 is 11.6 Å². The van der Waals surface area contributed by atoms with Crippen LogP contribution in [0.25, 0.3) is 0 Å². The second-order valence-corrected chi connectivity index (χ2v) is 3.43. The molecule has 0 bridgehead atoms. The molecule has 15 heavy (non-hydrogen) atoms. The standard InChI is InChI=1S/C10H8ClNO3/c11-9(13)7-1-3-8(4-2-7)12-5-6-15-10(12)14/h1-4H,5-6H2. The lowest BCUT2D eigenvalue weighted by Crippen LogP contribution is -2.23. The van der Waals surface area contributed by atoms with Gasteiger partial charge < -0.3 is 4.74 Å². The minimum Gasteiger partial charge on any atom is -0.447 e. The lowest BCUT2D eigenvalue weighted by atomic mass is 10.2. The maximum Gasteiger partial charge on any atom is 0.414 e. The second-order valence-electron chi connectivity index (χ2n) is 3.09. The Morgan fingerprint density at radius 3 is 2.47 bits per heavy atom. The average Bonchev–Trinajstić information content (AvgIpc) is 2.65. The Hall–Kier alpha value is -1.55. The number of rotatable bonds is 2. The van der Waals surface area contributed by atoms with E-state index in [1.165, 1.54) is 4.90 Å². The summed E-state index contributed by atoms with van der Waals surface area (Å²) in [6.45, 7) is 0.933. The zero-order chi connectivity index (χ0) is 10.8. The number of hydrogen-bond acceptors (Lipinski definition) is 3. The molecule has 78 valence electrons. The number of ether oxygens (including phenoxy) is 1. The van der Waals surface area contributed by atoms with Crippen molar-refractivity contribution in [3.05, 3.63) is 29.8 Å². The number of halogens is 1. The highest BCUT2D eigenvalue weighted by Gasteiger charge is 2.23. The van der Waals surface area contributed by atoms with Crippen molar-refractivity contribution in [3.63, 3.8) is 0 Å². The zero-order valence-electron chi connectivity index (χ0n) is 7.77. The molecule has 0 radical (unpaired) electrons. The summed E-state index contributed by atoms with van der Waals surface area (Å²) < 4.78 is 4.79. The molecule has 0 aliphatic carbocycles. The summed E-state index contributed by atoms with van der Waals surface area (Å²) in [4.78, 5) is 23.5. The van der Waals surface area contributed by atoms with Crippen LogP contribution in [0.5, 0.6) is 0 Å². The maximum absolute atomic E-state index is 11.2. The Morgan fingerprint density at radius 2 is 2.00 bits per heavy atom. The molecule has 0 unspecified atom stereocenters. The SMILES string of the molecule is O=C(Cl)c1ccc(N2CCOC2=O)cc1. The van der Waals surface area contributed by atoms with Crippen LogP contribution in [-0.2, 0) is 4.74 Å². The van der Waals surface area contributed by atoms with Gasteiger partial charge in [-0.15, -0.1) is 0 Å². The van der Waals surface area contributed by atoms with Crippen molar-refractivity contribution in [1.82, 2.24) is 0 Å². The van der Waals surface area contributed by atoms with Crippen LogP contribution in [0.1, 0.15) is 10.4 Å². The van der Waals surface area contributed by atoms with Crippen LogP contribution in [0.3, 0.4) is 0 Å². The summed E-state index contributed by atoms with van der Waals surface area (Å²) in [5, 5.41) is -0.509. The van der Waals surface area contributed by atoms with Crippen LogP contribution in [-0.4, -0.2) is 24.5 Å². The first-order chi connectivity index (χ1) is 7.18. The number of hydrogen-bond donors (Lipinski definition) is 0. The predicted octanol–water partition coefficient (Wildman–Crippen LogP) is 2.02. The highest BCUT2D eigenvalue weighted by molar-refractivity contribution is 6.67. The van der Waals surface area contributed by atoms with E-state index in [-0.39, 0.29) is 6.09 Å². The van der Waals surface area contributed by atoms with Crippen LogP contribution in [0.15, 0.2) is 24.3 Å². The van der Waals surface area contributed by atoms with E-state index in [2.05, 4.69) is 0 Å². The van der Waals surface area contributed by atoms with Crippen LogP contribution in [0.4, 0.5) is 10.5 Å². The molecule has 1 aromatic rings. The minimum absolute atomic E-state index is 0.361. The quantitative estimate of drug-likeness (QED) is 0.724. The van der Waals surface area contributed by atoms with Crippen molar-refractivity contribution in [3.8, 4) is 0 Å². The Bertz CT molecular complexity index is 402. The van der Waals surface area contributed by atoms with E-state index in [1.54, 1.807) is 24.3 Å². The normalized spacial score (nSPS) is 15.3. The van der Waals surface area contributed by atoms with Gasteiger partial charge in [-0.05, 0) is 35.9 Å². The van der Waals surface area contributed by atoms with E-state index in [1.807, 2.05) is 0 Å². The highest BCUT2D eigenvalue weighted by atomic mass is 35.5. The number of amides is 1. The van der Waals surface area contributed by atoms with Gasteiger partial charge in [0.15, 0.2) is 0 Å². The largest absolute Gasteiger partial charge is 0.447 e. The number of carbonyl (C=O) groups excluding carboxylic acids is 2. The molecule has 0 atom stereocenters. The van der Waals surface area contributed by atoms with Crippen molar-refractivity contribution in [2.45, 2.75) is 0 Å². The molecule has 1 aliphatic rings. The predicted molar refractivity (Wildman–Crippen MR) is 55.3 cm³/mol. The molecule has 1 aromatic carbocycles. The van der Waals surface area contributed by atoms with Crippen molar-refractivity contribution in [2.75, 3.05) is 18.1 Å². The molecule has 1 heterocycles. The summed E-state index contributed by atoms with van der Waals surface area (Å²) in [6.07, 6.45) is -0.361. The first-order valence-electron chi connectivity index (χ1n) is 4.42. The molecular weight excluding hydrogens is 218 g/mol. The van der Waals surface area contributed by atoms with Gasteiger partial charge in [-0.25, -0.2) is 4.79 Å². The average molecular weight is 226 g/mol. The third-order valence-corrected chi connectivity index (χ3v) is 2.38. The molecule has 1 fully saturated rings. The van der Waals surface area contributed by atoms with Crippen molar-refractivity contribution in [2.24, 2.45) is 0 Å². The summed E-state index contributed by atoms with van der Waals surface area (Å²) in [6, 6.07) is 6.50. The van der Waals surface area contributed by atoms with Gasteiger partial charge in [0.1, 0.15) is 6.61 Å². The van der Waals surface area contributed by atoms with Gasteiger partial charge in [-0.3, -0.25) is 9.69 Å². The molecule has 1 aliphatic heterocycles. The Labute approximate surface area is 91.4 Å². The van der Waals surface area contributed by atoms with Gasteiger partial charge in [-0.2, -0.15) is 0 Å². The zero-order valence-corrected chi connectivity index (χ0v) is 8.53. The fourth-order valence-electron chi connectivity index (χ4n) is 1.40. The molecule has 0 spiro atoms. The molecule has 1 saturated heterocycles. The Balaban J connectivity index is 2.23. The van der Waals surface area contributed by atoms with Gasteiger partial charge in [0, 0.05) is 11.3 Å². The third kappa shape index (κ3) is 1.94. The molecule has 5 heteroatoms. The number of cyclic esters (lactones) is 1. The second kappa shape index (κ2) is 3.90. The smallest absolute Gasteiger partial charge is 0.414 e. The number of nitrogens with zero attached hydrogens (tertiary/aromatic N) is 1. The summed E-state index contributed by atoms with van der Waals surface area (Å²) >= 11 is 5.30. The first-order valence-corrected chi connectivity index (χ1v) is 4.80. The number of benzene rings is 1. The summed E-state index contributed by atoms with van der Waals surface area (Å²) in [5.74, 6) is 0. The molecule has 4 nitrogen and oxygen atoms in total. The van der Waals surface area contributed by atoms with Gasteiger partial charge in [0.05, 0.1) is 6.54 Å². The van der Waals surface area contributed by atoms with Crippen molar-refractivity contribution >= 4 is 28.6 Å². The first kappa shape index (κ1) is 9.98. The fourth-order valence-corrected chi connectivity index (χ4v) is 1.53. The van der Waals surface area contributed by atoms with E-state index < -0.39 is 5.24 Å². The monoisotopic (exact) mass is 225 g/mol. The van der Waals surface area contributed by atoms with E-state index in [0.29, 0.717) is 24.4 Å². The number of anilines is 1. The van der Waals surface area contributed by atoms with Gasteiger partial charge in [-0.1, -0.05) is 0 Å². The molecule has 2 rings (SSSR count). The Kier molecular flexibility index (Phi) is 2.60.